The molecule has 1 aliphatic rings. The van der Waals surface area contributed by atoms with E-state index in [0.717, 1.165) is 52.4 Å². The first-order chi connectivity index (χ1) is 18.2. The lowest BCUT2D eigenvalue weighted by Crippen LogP contribution is -2.48. The minimum atomic E-state index is 0.164. The smallest absolute Gasteiger partial charge is 0.223 e. The van der Waals surface area contributed by atoms with Gasteiger partial charge in [0.15, 0.2) is 0 Å². The van der Waals surface area contributed by atoms with Gasteiger partial charge in [-0.25, -0.2) is 15.0 Å². The molecule has 0 aliphatic carbocycles. The number of carbonyl (C=O) groups is 1. The predicted octanol–water partition coefficient (Wildman–Crippen LogP) is 3.83. The van der Waals surface area contributed by atoms with Crippen molar-refractivity contribution in [1.82, 2.24) is 29.3 Å². The molecular formula is C29H29N7O. The molecule has 0 bridgehead atoms. The number of para-hydroxylation sites is 4. The summed E-state index contributed by atoms with van der Waals surface area (Å²) < 4.78 is 2.16. The predicted molar refractivity (Wildman–Crippen MR) is 145 cm³/mol. The van der Waals surface area contributed by atoms with Gasteiger partial charge < -0.3 is 10.6 Å². The van der Waals surface area contributed by atoms with Crippen LogP contribution in [0.1, 0.15) is 18.1 Å². The van der Waals surface area contributed by atoms with Crippen molar-refractivity contribution < 1.29 is 4.79 Å². The quantitative estimate of drug-likeness (QED) is 0.388. The van der Waals surface area contributed by atoms with Gasteiger partial charge in [-0.3, -0.25) is 14.3 Å². The third-order valence-electron chi connectivity index (χ3n) is 6.98. The third kappa shape index (κ3) is 4.75. The third-order valence-corrected chi connectivity index (χ3v) is 6.98. The molecule has 1 saturated heterocycles. The number of piperazine rings is 1. The summed E-state index contributed by atoms with van der Waals surface area (Å²) in [5.74, 6) is 2.30. The van der Waals surface area contributed by atoms with E-state index in [2.05, 4.69) is 37.6 Å². The van der Waals surface area contributed by atoms with Crippen LogP contribution in [0.25, 0.3) is 27.6 Å². The molecule has 5 aromatic rings. The summed E-state index contributed by atoms with van der Waals surface area (Å²) in [5, 5.41) is 0.877. The zero-order valence-electron chi connectivity index (χ0n) is 20.6. The van der Waals surface area contributed by atoms with Gasteiger partial charge in [0.1, 0.15) is 17.5 Å². The van der Waals surface area contributed by atoms with Crippen LogP contribution in [0.5, 0.6) is 0 Å². The highest BCUT2D eigenvalue weighted by Crippen LogP contribution is 2.23. The van der Waals surface area contributed by atoms with Gasteiger partial charge in [0.2, 0.25) is 5.91 Å². The monoisotopic (exact) mass is 491 g/mol. The Kier molecular flexibility index (Phi) is 6.24. The number of benzene rings is 3. The van der Waals surface area contributed by atoms with E-state index in [0.29, 0.717) is 38.3 Å². The first kappa shape index (κ1) is 23.1. The summed E-state index contributed by atoms with van der Waals surface area (Å²) in [6.45, 7) is 3.57. The van der Waals surface area contributed by atoms with Crippen molar-refractivity contribution in [2.24, 2.45) is 0 Å². The number of fused-ring (bicyclic) bond motifs is 2. The summed E-state index contributed by atoms with van der Waals surface area (Å²) in [5.41, 5.74) is 10.1. The minimum absolute atomic E-state index is 0.164. The lowest BCUT2D eigenvalue weighted by Gasteiger charge is -2.34. The molecule has 3 heterocycles. The van der Waals surface area contributed by atoms with Crippen molar-refractivity contribution in [1.29, 1.82) is 0 Å². The van der Waals surface area contributed by atoms with Crippen LogP contribution in [0.3, 0.4) is 0 Å². The van der Waals surface area contributed by atoms with Crippen molar-refractivity contribution >= 4 is 33.7 Å². The standard InChI is InChI=1S/C29H29N7O/c30-29-22-10-4-5-11-23(22)31-26(33-29)20-34-16-18-35(19-17-34)28(37)15-14-27-32-24-12-6-7-13-25(24)36(27)21-8-2-1-3-9-21/h1-13H,14-20H2,(H2,30,31,33). The number of rotatable bonds is 6. The zero-order valence-corrected chi connectivity index (χ0v) is 20.6. The number of nitrogens with zero attached hydrogens (tertiary/aromatic N) is 6. The van der Waals surface area contributed by atoms with Gasteiger partial charge in [0.05, 0.1) is 23.1 Å². The number of imidazole rings is 1. The van der Waals surface area contributed by atoms with E-state index in [1.807, 2.05) is 65.6 Å². The SMILES string of the molecule is Nc1nc(CN2CCN(C(=O)CCc3nc4ccccc4n3-c3ccccc3)CC2)nc2ccccc12. The normalized spacial score (nSPS) is 14.4. The van der Waals surface area contributed by atoms with Gasteiger partial charge in [0.25, 0.3) is 0 Å². The molecule has 0 unspecified atom stereocenters. The molecule has 1 amide bonds. The summed E-state index contributed by atoms with van der Waals surface area (Å²) in [6, 6.07) is 26.1. The Hall–Kier alpha value is -4.30. The number of aromatic nitrogens is 4. The maximum Gasteiger partial charge on any atom is 0.223 e. The zero-order chi connectivity index (χ0) is 25.2. The lowest BCUT2D eigenvalue weighted by molar-refractivity contribution is -0.133. The fourth-order valence-corrected chi connectivity index (χ4v) is 5.06. The highest BCUT2D eigenvalue weighted by molar-refractivity contribution is 5.87. The average molecular weight is 492 g/mol. The molecule has 8 nitrogen and oxygen atoms in total. The van der Waals surface area contributed by atoms with Crippen LogP contribution in [0.15, 0.2) is 78.9 Å². The van der Waals surface area contributed by atoms with Crippen LogP contribution < -0.4 is 5.73 Å². The second-order valence-corrected chi connectivity index (χ2v) is 9.39. The molecule has 37 heavy (non-hydrogen) atoms. The molecule has 2 aromatic heterocycles. The minimum Gasteiger partial charge on any atom is -0.383 e. The molecule has 3 aromatic carbocycles. The van der Waals surface area contributed by atoms with Crippen molar-refractivity contribution in [2.45, 2.75) is 19.4 Å². The molecule has 1 fully saturated rings. The molecule has 1 aliphatic heterocycles. The van der Waals surface area contributed by atoms with E-state index in [1.165, 1.54) is 0 Å². The molecule has 0 saturated carbocycles. The lowest BCUT2D eigenvalue weighted by atomic mass is 10.2. The fraction of sp³-hybridized carbons (Fsp3) is 0.241. The van der Waals surface area contributed by atoms with Crippen molar-refractivity contribution in [3.63, 3.8) is 0 Å². The van der Waals surface area contributed by atoms with Crippen molar-refractivity contribution in [3.8, 4) is 5.69 Å². The Morgan fingerprint density at radius 1 is 0.784 bits per heavy atom. The molecule has 0 atom stereocenters. The highest BCUT2D eigenvalue weighted by atomic mass is 16.2. The Morgan fingerprint density at radius 2 is 1.49 bits per heavy atom. The summed E-state index contributed by atoms with van der Waals surface area (Å²) in [4.78, 5) is 31.4. The Balaban J connectivity index is 1.09. The van der Waals surface area contributed by atoms with E-state index in [4.69, 9.17) is 10.7 Å². The second kappa shape index (κ2) is 9.99. The molecule has 186 valence electrons. The highest BCUT2D eigenvalue weighted by Gasteiger charge is 2.23. The Morgan fingerprint density at radius 3 is 2.30 bits per heavy atom. The van der Waals surface area contributed by atoms with Crippen LogP contribution in [0.4, 0.5) is 5.82 Å². The van der Waals surface area contributed by atoms with Crippen LogP contribution in [0, 0.1) is 0 Å². The molecule has 8 heteroatoms. The largest absolute Gasteiger partial charge is 0.383 e. The van der Waals surface area contributed by atoms with Gasteiger partial charge in [-0.2, -0.15) is 0 Å². The van der Waals surface area contributed by atoms with Gasteiger partial charge in [0, 0.05) is 50.1 Å². The Bertz CT molecular complexity index is 1560. The van der Waals surface area contributed by atoms with E-state index in [1.54, 1.807) is 0 Å². The number of nitrogens with two attached hydrogens (primary N) is 1. The van der Waals surface area contributed by atoms with Crippen LogP contribution in [-0.2, 0) is 17.8 Å². The number of aryl methyl sites for hydroxylation is 1. The van der Waals surface area contributed by atoms with Gasteiger partial charge >= 0.3 is 0 Å². The summed E-state index contributed by atoms with van der Waals surface area (Å²) in [6.07, 6.45) is 1.02. The maximum absolute atomic E-state index is 13.1. The first-order valence-electron chi connectivity index (χ1n) is 12.7. The second-order valence-electron chi connectivity index (χ2n) is 9.39. The first-order valence-corrected chi connectivity index (χ1v) is 12.7. The van der Waals surface area contributed by atoms with Crippen LogP contribution in [-0.4, -0.2) is 61.4 Å². The van der Waals surface area contributed by atoms with E-state index in [9.17, 15) is 4.79 Å². The van der Waals surface area contributed by atoms with E-state index >= 15 is 0 Å². The van der Waals surface area contributed by atoms with E-state index < -0.39 is 0 Å². The van der Waals surface area contributed by atoms with Gasteiger partial charge in [-0.15, -0.1) is 0 Å². The summed E-state index contributed by atoms with van der Waals surface area (Å²) in [7, 11) is 0. The van der Waals surface area contributed by atoms with Crippen LogP contribution in [0.2, 0.25) is 0 Å². The number of amides is 1. The van der Waals surface area contributed by atoms with Gasteiger partial charge in [-0.05, 0) is 36.4 Å². The van der Waals surface area contributed by atoms with Crippen LogP contribution >= 0.6 is 0 Å². The Labute approximate surface area is 215 Å². The van der Waals surface area contributed by atoms with Crippen molar-refractivity contribution in [3.05, 3.63) is 90.5 Å². The molecule has 6 rings (SSSR count). The number of anilines is 1. The van der Waals surface area contributed by atoms with E-state index in [-0.39, 0.29) is 5.91 Å². The number of hydrogen-bond acceptors (Lipinski definition) is 6. The number of hydrogen-bond donors (Lipinski definition) is 1. The fourth-order valence-electron chi connectivity index (χ4n) is 5.06. The number of carbonyl (C=O) groups excluding carboxylic acids is 1. The maximum atomic E-state index is 13.1. The molecule has 0 spiro atoms. The topological polar surface area (TPSA) is 93.2 Å². The van der Waals surface area contributed by atoms with Gasteiger partial charge in [-0.1, -0.05) is 42.5 Å². The van der Waals surface area contributed by atoms with Crippen molar-refractivity contribution in [2.75, 3.05) is 31.9 Å². The molecule has 2 N–H and O–H groups in total. The average Bonchev–Trinajstić information content (AvgIpc) is 3.31. The molecule has 0 radical (unpaired) electrons. The number of nitrogen functional groups attached to an aromatic ring is 1. The summed E-state index contributed by atoms with van der Waals surface area (Å²) >= 11 is 0. The molecular weight excluding hydrogens is 462 g/mol.